The standard InChI is InChI=1S/C12H11F2NO3/c13-12(14)17-9-5-4-8(6-10(9)18-12)15-11(16)7-2-1-3-7/h4-7H,1-3H2,(H,15,16). The summed E-state index contributed by atoms with van der Waals surface area (Å²) in [7, 11) is 0. The minimum atomic E-state index is -3.63. The summed E-state index contributed by atoms with van der Waals surface area (Å²) >= 11 is 0. The molecule has 0 radical (unpaired) electrons. The van der Waals surface area contributed by atoms with Crippen LogP contribution in [0.3, 0.4) is 0 Å². The highest BCUT2D eigenvalue weighted by Gasteiger charge is 2.43. The lowest BCUT2D eigenvalue weighted by atomic mass is 9.85. The van der Waals surface area contributed by atoms with Crippen LogP contribution in [0.25, 0.3) is 0 Å². The van der Waals surface area contributed by atoms with Crippen LogP contribution in [0.4, 0.5) is 14.5 Å². The third kappa shape index (κ3) is 1.98. The number of halogens is 2. The zero-order chi connectivity index (χ0) is 12.8. The first kappa shape index (κ1) is 11.3. The monoisotopic (exact) mass is 255 g/mol. The average molecular weight is 255 g/mol. The second-order valence-corrected chi connectivity index (χ2v) is 4.45. The normalized spacial score (nSPS) is 20.3. The van der Waals surface area contributed by atoms with Crippen molar-refractivity contribution >= 4 is 11.6 Å². The SMILES string of the molecule is O=C(Nc1ccc2c(c1)OC(F)(F)O2)C1CCC1. The van der Waals surface area contributed by atoms with Gasteiger partial charge in [0, 0.05) is 17.7 Å². The number of benzene rings is 1. The number of carbonyl (C=O) groups is 1. The molecule has 1 fully saturated rings. The zero-order valence-corrected chi connectivity index (χ0v) is 9.41. The maximum atomic E-state index is 12.8. The first-order valence-corrected chi connectivity index (χ1v) is 5.74. The molecule has 1 aromatic rings. The molecule has 1 N–H and O–H groups in total. The minimum Gasteiger partial charge on any atom is -0.395 e. The van der Waals surface area contributed by atoms with Crippen LogP contribution in [-0.4, -0.2) is 12.2 Å². The Morgan fingerprint density at radius 2 is 2.00 bits per heavy atom. The molecule has 0 unspecified atom stereocenters. The van der Waals surface area contributed by atoms with Crippen molar-refractivity contribution in [1.29, 1.82) is 0 Å². The van der Waals surface area contributed by atoms with Gasteiger partial charge < -0.3 is 14.8 Å². The van der Waals surface area contributed by atoms with Crippen molar-refractivity contribution in [1.82, 2.24) is 0 Å². The molecule has 1 aromatic carbocycles. The van der Waals surface area contributed by atoms with Crippen LogP contribution < -0.4 is 14.8 Å². The molecule has 0 saturated heterocycles. The quantitative estimate of drug-likeness (QED) is 0.883. The van der Waals surface area contributed by atoms with E-state index in [1.165, 1.54) is 18.2 Å². The lowest BCUT2D eigenvalue weighted by Crippen LogP contribution is -2.28. The summed E-state index contributed by atoms with van der Waals surface area (Å²) < 4.78 is 34.2. The van der Waals surface area contributed by atoms with Gasteiger partial charge in [-0.25, -0.2) is 0 Å². The number of carbonyl (C=O) groups excluding carboxylic acids is 1. The van der Waals surface area contributed by atoms with Gasteiger partial charge in [-0.15, -0.1) is 8.78 Å². The van der Waals surface area contributed by atoms with E-state index in [4.69, 9.17) is 0 Å². The highest BCUT2D eigenvalue weighted by molar-refractivity contribution is 5.93. The van der Waals surface area contributed by atoms with Gasteiger partial charge in [-0.2, -0.15) is 0 Å². The van der Waals surface area contributed by atoms with Gasteiger partial charge in [0.25, 0.3) is 0 Å². The topological polar surface area (TPSA) is 47.6 Å². The Bertz CT molecular complexity index is 500. The van der Waals surface area contributed by atoms with E-state index >= 15 is 0 Å². The Morgan fingerprint density at radius 3 is 2.67 bits per heavy atom. The lowest BCUT2D eigenvalue weighted by Gasteiger charge is -2.24. The second kappa shape index (κ2) is 3.83. The van der Waals surface area contributed by atoms with Gasteiger partial charge in [0.15, 0.2) is 11.5 Å². The molecule has 1 heterocycles. The molecule has 0 spiro atoms. The van der Waals surface area contributed by atoms with Gasteiger partial charge in [-0.1, -0.05) is 6.42 Å². The highest BCUT2D eigenvalue weighted by Crippen LogP contribution is 2.42. The van der Waals surface area contributed by atoms with Crippen molar-refractivity contribution < 1.29 is 23.0 Å². The Morgan fingerprint density at radius 1 is 1.28 bits per heavy atom. The fourth-order valence-corrected chi connectivity index (χ4v) is 1.94. The minimum absolute atomic E-state index is 0.0263. The fourth-order valence-electron chi connectivity index (χ4n) is 1.94. The van der Waals surface area contributed by atoms with Crippen LogP contribution in [0.5, 0.6) is 11.5 Å². The molecule has 1 amide bonds. The largest absolute Gasteiger partial charge is 0.586 e. The summed E-state index contributed by atoms with van der Waals surface area (Å²) in [6.45, 7) is 0. The molecule has 18 heavy (non-hydrogen) atoms. The van der Waals surface area contributed by atoms with E-state index in [2.05, 4.69) is 14.8 Å². The molecular weight excluding hydrogens is 244 g/mol. The van der Waals surface area contributed by atoms with E-state index in [0.29, 0.717) is 5.69 Å². The molecule has 0 atom stereocenters. The molecule has 1 aliphatic heterocycles. The number of nitrogens with one attached hydrogen (secondary N) is 1. The number of hydrogen-bond donors (Lipinski definition) is 1. The van der Waals surface area contributed by atoms with Crippen LogP contribution >= 0.6 is 0 Å². The molecule has 2 aliphatic rings. The van der Waals surface area contributed by atoms with E-state index in [-0.39, 0.29) is 23.3 Å². The third-order valence-corrected chi connectivity index (χ3v) is 3.14. The van der Waals surface area contributed by atoms with Crippen molar-refractivity contribution in [2.45, 2.75) is 25.6 Å². The van der Waals surface area contributed by atoms with Crippen molar-refractivity contribution in [2.75, 3.05) is 5.32 Å². The van der Waals surface area contributed by atoms with Crippen LogP contribution in [0.2, 0.25) is 0 Å². The van der Waals surface area contributed by atoms with Crippen LogP contribution in [-0.2, 0) is 4.79 Å². The Kier molecular flexibility index (Phi) is 2.39. The molecule has 0 aromatic heterocycles. The number of ether oxygens (including phenoxy) is 2. The second-order valence-electron chi connectivity index (χ2n) is 4.45. The smallest absolute Gasteiger partial charge is 0.395 e. The third-order valence-electron chi connectivity index (χ3n) is 3.14. The lowest BCUT2D eigenvalue weighted by molar-refractivity contribution is -0.286. The zero-order valence-electron chi connectivity index (χ0n) is 9.41. The van der Waals surface area contributed by atoms with Crippen molar-refractivity contribution in [2.24, 2.45) is 5.92 Å². The van der Waals surface area contributed by atoms with Gasteiger partial charge in [-0.3, -0.25) is 4.79 Å². The summed E-state index contributed by atoms with van der Waals surface area (Å²) in [5, 5.41) is 2.68. The van der Waals surface area contributed by atoms with Gasteiger partial charge in [0.1, 0.15) is 0 Å². The highest BCUT2D eigenvalue weighted by atomic mass is 19.3. The van der Waals surface area contributed by atoms with Crippen molar-refractivity contribution in [3.05, 3.63) is 18.2 Å². The summed E-state index contributed by atoms with van der Waals surface area (Å²) in [5.41, 5.74) is 0.437. The maximum absolute atomic E-state index is 12.8. The van der Waals surface area contributed by atoms with Gasteiger partial charge >= 0.3 is 6.29 Å². The number of alkyl halides is 2. The van der Waals surface area contributed by atoms with Crippen molar-refractivity contribution in [3.8, 4) is 11.5 Å². The maximum Gasteiger partial charge on any atom is 0.586 e. The van der Waals surface area contributed by atoms with Crippen molar-refractivity contribution in [3.63, 3.8) is 0 Å². The first-order chi connectivity index (χ1) is 8.53. The molecule has 6 heteroatoms. The Hall–Kier alpha value is -1.85. The molecule has 1 aliphatic carbocycles. The average Bonchev–Trinajstić information content (AvgIpc) is 2.48. The van der Waals surface area contributed by atoms with Gasteiger partial charge in [0.2, 0.25) is 5.91 Å². The molecule has 1 saturated carbocycles. The van der Waals surface area contributed by atoms with E-state index in [1.54, 1.807) is 0 Å². The molecular formula is C12H11F2NO3. The van der Waals surface area contributed by atoms with Crippen LogP contribution in [0, 0.1) is 5.92 Å². The molecule has 3 rings (SSSR count). The molecule has 0 bridgehead atoms. The summed E-state index contributed by atoms with van der Waals surface area (Å²) in [6, 6.07) is 4.21. The van der Waals surface area contributed by atoms with Gasteiger partial charge in [0.05, 0.1) is 0 Å². The first-order valence-electron chi connectivity index (χ1n) is 5.74. The van der Waals surface area contributed by atoms with E-state index < -0.39 is 6.29 Å². The number of hydrogen-bond acceptors (Lipinski definition) is 3. The summed E-state index contributed by atoms with van der Waals surface area (Å²) in [4.78, 5) is 11.7. The fraction of sp³-hybridized carbons (Fsp3) is 0.417. The summed E-state index contributed by atoms with van der Waals surface area (Å²) in [5.74, 6) is -0.128. The molecule has 4 nitrogen and oxygen atoms in total. The Labute approximate surface area is 102 Å². The van der Waals surface area contributed by atoms with Crippen LogP contribution in [0.15, 0.2) is 18.2 Å². The summed E-state index contributed by atoms with van der Waals surface area (Å²) in [6.07, 6.45) is -0.798. The predicted molar refractivity (Wildman–Crippen MR) is 58.6 cm³/mol. The van der Waals surface area contributed by atoms with E-state index in [1.807, 2.05) is 0 Å². The number of rotatable bonds is 2. The molecule has 96 valence electrons. The Balaban J connectivity index is 1.73. The van der Waals surface area contributed by atoms with Crippen LogP contribution in [0.1, 0.15) is 19.3 Å². The predicted octanol–water partition coefficient (Wildman–Crippen LogP) is 2.75. The number of anilines is 1. The van der Waals surface area contributed by atoms with Gasteiger partial charge in [-0.05, 0) is 25.0 Å². The number of fused-ring (bicyclic) bond motifs is 1. The number of amides is 1. The van der Waals surface area contributed by atoms with E-state index in [0.717, 1.165) is 19.3 Å². The van der Waals surface area contributed by atoms with E-state index in [9.17, 15) is 13.6 Å².